The first kappa shape index (κ1) is 26.5. The number of carboxylic acid groups (broad SMARTS) is 1. The van der Waals surface area contributed by atoms with Crippen LogP contribution < -0.4 is 0 Å². The number of carbonyl (C=O) groups is 2. The van der Waals surface area contributed by atoms with Crippen LogP contribution in [0.15, 0.2) is 36.7 Å². The van der Waals surface area contributed by atoms with Crippen molar-refractivity contribution in [1.29, 1.82) is 0 Å². The predicted octanol–water partition coefficient (Wildman–Crippen LogP) is 4.48. The number of nitrogens with zero attached hydrogens (tertiary/aromatic N) is 7. The van der Waals surface area contributed by atoms with E-state index >= 15 is 0 Å². The number of rotatable bonds is 10. The van der Waals surface area contributed by atoms with Crippen molar-refractivity contribution < 1.29 is 14.7 Å². The number of carbonyl (C=O) groups excluding carboxylic acids is 1. The van der Waals surface area contributed by atoms with Crippen LogP contribution in [0.3, 0.4) is 0 Å². The Morgan fingerprint density at radius 2 is 1.43 bits per heavy atom. The molecule has 37 heavy (non-hydrogen) atoms. The van der Waals surface area contributed by atoms with E-state index in [0.29, 0.717) is 23.7 Å². The SMILES string of the molecule is CC[C@H](C)[C@@H](C(=O)O)n1cc(-c2ccc(-c3cn([C@@H](CC(C)C)C(=O)N4CCCCC4)nn3)cc2)nn1. The van der Waals surface area contributed by atoms with Gasteiger partial charge in [-0.05, 0) is 37.5 Å². The molecule has 1 amide bonds. The first-order chi connectivity index (χ1) is 17.8. The molecule has 2 aromatic heterocycles. The molecule has 1 N–H and O–H groups in total. The van der Waals surface area contributed by atoms with Gasteiger partial charge in [-0.15, -0.1) is 10.2 Å². The first-order valence-corrected chi connectivity index (χ1v) is 13.2. The largest absolute Gasteiger partial charge is 0.480 e. The molecule has 0 spiro atoms. The molecule has 0 radical (unpaired) electrons. The van der Waals surface area contributed by atoms with Gasteiger partial charge < -0.3 is 10.0 Å². The van der Waals surface area contributed by atoms with Crippen LogP contribution in [0.1, 0.15) is 71.9 Å². The Labute approximate surface area is 217 Å². The fourth-order valence-corrected chi connectivity index (χ4v) is 4.85. The standard InChI is InChI=1S/C27H37N7O3/c1-5-19(4)25(27(36)37)34-17-23(29-31-34)21-11-9-20(10-12-21)22-16-33(30-28-22)24(15-18(2)3)26(35)32-13-7-6-8-14-32/h9-12,16-19,24-25H,5-8,13-15H2,1-4H3,(H,36,37)/t19-,24-,25-/m0/s1. The van der Waals surface area contributed by atoms with Gasteiger partial charge in [-0.3, -0.25) is 4.79 Å². The molecule has 10 heteroatoms. The minimum Gasteiger partial charge on any atom is -0.480 e. The van der Waals surface area contributed by atoms with E-state index in [-0.39, 0.29) is 17.9 Å². The van der Waals surface area contributed by atoms with Gasteiger partial charge >= 0.3 is 5.97 Å². The highest BCUT2D eigenvalue weighted by Crippen LogP contribution is 2.27. The molecule has 198 valence electrons. The van der Waals surface area contributed by atoms with Gasteiger partial charge in [0, 0.05) is 24.2 Å². The third-order valence-electron chi connectivity index (χ3n) is 7.18. The average molecular weight is 508 g/mol. The van der Waals surface area contributed by atoms with E-state index in [1.165, 1.54) is 11.1 Å². The lowest BCUT2D eigenvalue weighted by atomic mass is 9.99. The van der Waals surface area contributed by atoms with E-state index in [1.807, 2.05) is 49.2 Å². The Bertz CT molecular complexity index is 1190. The van der Waals surface area contributed by atoms with Crippen LogP contribution in [0.5, 0.6) is 0 Å². The fraction of sp³-hybridized carbons (Fsp3) is 0.556. The summed E-state index contributed by atoms with van der Waals surface area (Å²) in [6.07, 6.45) is 8.25. The van der Waals surface area contributed by atoms with Crippen LogP contribution in [0.2, 0.25) is 0 Å². The van der Waals surface area contributed by atoms with Crippen molar-refractivity contribution in [2.45, 2.75) is 71.9 Å². The van der Waals surface area contributed by atoms with E-state index in [0.717, 1.165) is 43.5 Å². The quantitative estimate of drug-likeness (QED) is 0.430. The Morgan fingerprint density at radius 3 is 1.95 bits per heavy atom. The maximum atomic E-state index is 13.3. The van der Waals surface area contributed by atoms with Gasteiger partial charge in [0.05, 0.1) is 12.4 Å². The highest BCUT2D eigenvalue weighted by Gasteiger charge is 2.29. The molecule has 1 aliphatic rings. The van der Waals surface area contributed by atoms with Crippen molar-refractivity contribution in [3.8, 4) is 22.5 Å². The summed E-state index contributed by atoms with van der Waals surface area (Å²) in [5.41, 5.74) is 3.00. The van der Waals surface area contributed by atoms with Crippen molar-refractivity contribution in [3.05, 3.63) is 36.7 Å². The molecular weight excluding hydrogens is 470 g/mol. The van der Waals surface area contributed by atoms with E-state index in [4.69, 9.17) is 0 Å². The minimum atomic E-state index is -0.918. The Kier molecular flexibility index (Phi) is 8.35. The number of piperidine rings is 1. The first-order valence-electron chi connectivity index (χ1n) is 13.2. The maximum Gasteiger partial charge on any atom is 0.328 e. The smallest absolute Gasteiger partial charge is 0.328 e. The van der Waals surface area contributed by atoms with Crippen LogP contribution in [0.25, 0.3) is 22.5 Å². The van der Waals surface area contributed by atoms with Gasteiger partial charge in [0.25, 0.3) is 0 Å². The normalized spacial score (nSPS) is 16.5. The van der Waals surface area contributed by atoms with E-state index < -0.39 is 12.0 Å². The summed E-state index contributed by atoms with van der Waals surface area (Å²) in [6, 6.07) is 6.55. The molecule has 1 aromatic carbocycles. The summed E-state index contributed by atoms with van der Waals surface area (Å²) in [5, 5.41) is 26.6. The summed E-state index contributed by atoms with van der Waals surface area (Å²) in [6.45, 7) is 9.71. The molecule has 3 aromatic rings. The van der Waals surface area contributed by atoms with Gasteiger partial charge in [0.1, 0.15) is 17.4 Å². The molecule has 10 nitrogen and oxygen atoms in total. The van der Waals surface area contributed by atoms with Crippen LogP contribution in [-0.4, -0.2) is 65.0 Å². The van der Waals surface area contributed by atoms with Gasteiger partial charge in [-0.1, -0.05) is 68.8 Å². The zero-order valence-corrected chi connectivity index (χ0v) is 22.1. The molecule has 4 rings (SSSR count). The van der Waals surface area contributed by atoms with Crippen LogP contribution in [0.4, 0.5) is 0 Å². The number of benzene rings is 1. The Balaban J connectivity index is 1.52. The molecule has 1 saturated heterocycles. The molecule has 0 aliphatic carbocycles. The van der Waals surface area contributed by atoms with Gasteiger partial charge in [0.2, 0.25) is 5.91 Å². The molecule has 3 atom stereocenters. The number of likely N-dealkylation sites (tertiary alicyclic amines) is 1. The third-order valence-corrected chi connectivity index (χ3v) is 7.18. The lowest BCUT2D eigenvalue weighted by Crippen LogP contribution is -2.41. The molecule has 0 unspecified atom stereocenters. The zero-order valence-electron chi connectivity index (χ0n) is 22.1. The Morgan fingerprint density at radius 1 is 0.892 bits per heavy atom. The summed E-state index contributed by atoms with van der Waals surface area (Å²) < 4.78 is 3.15. The molecule has 0 bridgehead atoms. The highest BCUT2D eigenvalue weighted by molar-refractivity contribution is 5.80. The number of amides is 1. The van der Waals surface area contributed by atoms with E-state index in [1.54, 1.807) is 10.9 Å². The lowest BCUT2D eigenvalue weighted by Gasteiger charge is -2.30. The number of aliphatic carboxylic acids is 1. The zero-order chi connectivity index (χ0) is 26.5. The van der Waals surface area contributed by atoms with Gasteiger partial charge in [-0.25, -0.2) is 14.2 Å². The second-order valence-corrected chi connectivity index (χ2v) is 10.4. The van der Waals surface area contributed by atoms with Crippen molar-refractivity contribution >= 4 is 11.9 Å². The summed E-state index contributed by atoms with van der Waals surface area (Å²) in [4.78, 5) is 27.0. The second-order valence-electron chi connectivity index (χ2n) is 10.4. The van der Waals surface area contributed by atoms with Crippen molar-refractivity contribution in [2.24, 2.45) is 11.8 Å². The Hall–Kier alpha value is -3.56. The highest BCUT2D eigenvalue weighted by atomic mass is 16.4. The molecule has 1 fully saturated rings. The minimum absolute atomic E-state index is 0.0710. The van der Waals surface area contributed by atoms with Crippen molar-refractivity contribution in [3.63, 3.8) is 0 Å². The average Bonchev–Trinajstić information content (AvgIpc) is 3.58. The van der Waals surface area contributed by atoms with Gasteiger partial charge in [-0.2, -0.15) is 0 Å². The molecular formula is C27H37N7O3. The number of hydrogen-bond donors (Lipinski definition) is 1. The van der Waals surface area contributed by atoms with Crippen LogP contribution in [0, 0.1) is 11.8 Å². The number of hydrogen-bond acceptors (Lipinski definition) is 6. The van der Waals surface area contributed by atoms with Crippen molar-refractivity contribution in [1.82, 2.24) is 34.9 Å². The topological polar surface area (TPSA) is 119 Å². The molecule has 0 saturated carbocycles. The molecule has 3 heterocycles. The third kappa shape index (κ3) is 6.06. The summed E-state index contributed by atoms with van der Waals surface area (Å²) in [7, 11) is 0. The number of aromatic nitrogens is 6. The summed E-state index contributed by atoms with van der Waals surface area (Å²) in [5.74, 6) is -0.516. The van der Waals surface area contributed by atoms with Crippen LogP contribution in [-0.2, 0) is 9.59 Å². The predicted molar refractivity (Wildman–Crippen MR) is 140 cm³/mol. The van der Waals surface area contributed by atoms with E-state index in [9.17, 15) is 14.7 Å². The van der Waals surface area contributed by atoms with E-state index in [2.05, 4.69) is 34.5 Å². The monoisotopic (exact) mass is 507 g/mol. The lowest BCUT2D eigenvalue weighted by molar-refractivity contribution is -0.143. The van der Waals surface area contributed by atoms with Gasteiger partial charge in [0.15, 0.2) is 6.04 Å². The fourth-order valence-electron chi connectivity index (χ4n) is 4.85. The second kappa shape index (κ2) is 11.7. The van der Waals surface area contributed by atoms with Crippen molar-refractivity contribution in [2.75, 3.05) is 13.1 Å². The number of carboxylic acids is 1. The maximum absolute atomic E-state index is 13.3. The molecule has 1 aliphatic heterocycles. The summed E-state index contributed by atoms with van der Waals surface area (Å²) >= 11 is 0. The van der Waals surface area contributed by atoms with Crippen LogP contribution >= 0.6 is 0 Å².